The lowest BCUT2D eigenvalue weighted by atomic mass is 9.59. The van der Waals surface area contributed by atoms with Crippen LogP contribution >= 0.6 is 0 Å². The molecule has 164 valence electrons. The van der Waals surface area contributed by atoms with Crippen LogP contribution in [0.3, 0.4) is 0 Å². The van der Waals surface area contributed by atoms with E-state index in [-0.39, 0.29) is 35.2 Å². The van der Waals surface area contributed by atoms with Gasteiger partial charge in [0.1, 0.15) is 5.75 Å². The molecule has 4 atom stereocenters. The van der Waals surface area contributed by atoms with E-state index in [2.05, 4.69) is 0 Å². The lowest BCUT2D eigenvalue weighted by molar-refractivity contribution is -0.173. The van der Waals surface area contributed by atoms with Crippen LogP contribution in [0.25, 0.3) is 0 Å². The molecule has 3 aliphatic carbocycles. The lowest BCUT2D eigenvalue weighted by Gasteiger charge is -2.42. The number of amides is 2. The second-order valence-corrected chi connectivity index (χ2v) is 9.22. The number of benzene rings is 1. The summed E-state index contributed by atoms with van der Waals surface area (Å²) in [5.41, 5.74) is 4.02. The number of fused-ring (bicyclic) bond motifs is 3. The number of aryl methyl sites for hydroxylation is 2. The highest BCUT2D eigenvalue weighted by Gasteiger charge is 2.56. The van der Waals surface area contributed by atoms with Crippen molar-refractivity contribution >= 4 is 23.4 Å². The number of ketones is 2. The van der Waals surface area contributed by atoms with Gasteiger partial charge in [0.15, 0.2) is 11.6 Å². The van der Waals surface area contributed by atoms with Gasteiger partial charge in [0, 0.05) is 22.6 Å². The van der Waals surface area contributed by atoms with E-state index in [0.29, 0.717) is 27.8 Å². The maximum absolute atomic E-state index is 13.3. The minimum Gasteiger partial charge on any atom is -0.507 e. The second kappa shape index (κ2) is 6.84. The number of carbonyl (C=O) groups excluding carboxylic acids is 4. The molecular formula is C25H23NO6. The van der Waals surface area contributed by atoms with Crippen molar-refractivity contribution in [2.75, 3.05) is 0 Å². The van der Waals surface area contributed by atoms with Crippen molar-refractivity contribution in [2.24, 2.45) is 17.8 Å². The molecule has 2 N–H and O–H groups in total. The summed E-state index contributed by atoms with van der Waals surface area (Å²) < 4.78 is 0. The quantitative estimate of drug-likeness (QED) is 0.305. The first kappa shape index (κ1) is 20.6. The molecule has 1 heterocycles. The average molecular weight is 433 g/mol. The van der Waals surface area contributed by atoms with Crippen LogP contribution in [0.2, 0.25) is 0 Å². The van der Waals surface area contributed by atoms with E-state index < -0.39 is 35.5 Å². The van der Waals surface area contributed by atoms with E-state index in [4.69, 9.17) is 0 Å². The third kappa shape index (κ3) is 2.64. The summed E-state index contributed by atoms with van der Waals surface area (Å²) in [6.45, 7) is 5.16. The molecule has 4 unspecified atom stereocenters. The summed E-state index contributed by atoms with van der Waals surface area (Å²) in [4.78, 5) is 51.4. The van der Waals surface area contributed by atoms with E-state index in [0.717, 1.165) is 11.1 Å². The van der Waals surface area contributed by atoms with Crippen LogP contribution < -0.4 is 0 Å². The van der Waals surface area contributed by atoms with Gasteiger partial charge in [-0.3, -0.25) is 24.4 Å². The Kier molecular flexibility index (Phi) is 4.40. The van der Waals surface area contributed by atoms with Gasteiger partial charge in [0.05, 0.1) is 11.8 Å². The maximum atomic E-state index is 13.3. The number of hydrogen-bond acceptors (Lipinski definition) is 6. The van der Waals surface area contributed by atoms with Crippen molar-refractivity contribution in [3.8, 4) is 5.75 Å². The van der Waals surface area contributed by atoms with Gasteiger partial charge in [0.2, 0.25) is 0 Å². The molecule has 0 aromatic heterocycles. The first-order valence-corrected chi connectivity index (χ1v) is 10.7. The van der Waals surface area contributed by atoms with Crippen LogP contribution in [0.4, 0.5) is 0 Å². The maximum Gasteiger partial charge on any atom is 0.257 e. The van der Waals surface area contributed by atoms with Gasteiger partial charge in [-0.2, -0.15) is 5.06 Å². The summed E-state index contributed by atoms with van der Waals surface area (Å²) in [6, 6.07) is 3.61. The average Bonchev–Trinajstić information content (AvgIpc) is 2.98. The number of rotatable bonds is 1. The van der Waals surface area contributed by atoms with Gasteiger partial charge in [-0.15, -0.1) is 0 Å². The molecule has 1 saturated heterocycles. The number of imide groups is 1. The van der Waals surface area contributed by atoms with Gasteiger partial charge in [-0.25, -0.2) is 0 Å². The number of Topliss-reactive ketones (excluding diaryl/α,β-unsaturated/α-hetero) is 1. The SMILES string of the molecule is CC1=CC(=O)C2=C(C1=O)C(c1cc(C)c(O)c(C)c1)C1=CCC3C(=O)N(O)C(=O)C3C1C2. The van der Waals surface area contributed by atoms with E-state index in [9.17, 15) is 29.5 Å². The van der Waals surface area contributed by atoms with E-state index >= 15 is 0 Å². The largest absolute Gasteiger partial charge is 0.507 e. The number of aromatic hydroxyl groups is 1. The number of allylic oxidation sites excluding steroid dienone is 6. The topological polar surface area (TPSA) is 112 Å². The molecule has 7 heteroatoms. The highest BCUT2D eigenvalue weighted by atomic mass is 16.5. The fourth-order valence-electron chi connectivity index (χ4n) is 5.88. The number of hydrogen-bond donors (Lipinski definition) is 2. The molecule has 1 aromatic carbocycles. The summed E-state index contributed by atoms with van der Waals surface area (Å²) in [7, 11) is 0. The molecule has 7 nitrogen and oxygen atoms in total. The molecule has 0 radical (unpaired) electrons. The van der Waals surface area contributed by atoms with Crippen LogP contribution in [0.15, 0.2) is 46.6 Å². The highest BCUT2D eigenvalue weighted by molar-refractivity contribution is 6.23. The van der Waals surface area contributed by atoms with Crippen molar-refractivity contribution in [1.29, 1.82) is 0 Å². The molecule has 0 spiro atoms. The van der Waals surface area contributed by atoms with Gasteiger partial charge < -0.3 is 5.11 Å². The Morgan fingerprint density at radius 3 is 2.28 bits per heavy atom. The normalized spacial score (nSPS) is 29.6. The molecule has 2 amide bonds. The Hall–Kier alpha value is -3.32. The minimum absolute atomic E-state index is 0.169. The second-order valence-electron chi connectivity index (χ2n) is 9.22. The summed E-state index contributed by atoms with van der Waals surface area (Å²) >= 11 is 0. The number of hydroxylamine groups is 2. The molecule has 4 aliphatic rings. The van der Waals surface area contributed by atoms with Crippen molar-refractivity contribution < 1.29 is 29.5 Å². The van der Waals surface area contributed by atoms with E-state index in [1.165, 1.54) is 6.08 Å². The predicted octanol–water partition coefficient (Wildman–Crippen LogP) is 2.83. The lowest BCUT2D eigenvalue weighted by Crippen LogP contribution is -2.39. The van der Waals surface area contributed by atoms with Crippen molar-refractivity contribution in [3.63, 3.8) is 0 Å². The predicted molar refractivity (Wildman–Crippen MR) is 113 cm³/mol. The Bertz CT molecular complexity index is 1210. The van der Waals surface area contributed by atoms with E-state index in [1.54, 1.807) is 32.9 Å². The zero-order chi connectivity index (χ0) is 23.1. The summed E-state index contributed by atoms with van der Waals surface area (Å²) in [5, 5.41) is 20.5. The van der Waals surface area contributed by atoms with Crippen molar-refractivity contribution in [1.82, 2.24) is 5.06 Å². The van der Waals surface area contributed by atoms with Crippen molar-refractivity contribution in [3.05, 3.63) is 63.3 Å². The van der Waals surface area contributed by atoms with Crippen LogP contribution in [0.5, 0.6) is 5.75 Å². The molecule has 1 aromatic rings. The van der Waals surface area contributed by atoms with Crippen LogP contribution in [-0.4, -0.2) is 38.8 Å². The molecule has 5 rings (SSSR count). The van der Waals surface area contributed by atoms with Gasteiger partial charge >= 0.3 is 0 Å². The van der Waals surface area contributed by atoms with Crippen molar-refractivity contribution in [2.45, 2.75) is 39.5 Å². The molecule has 1 aliphatic heterocycles. The standard InChI is InChI=1S/C25H23NO6/c1-10-6-13(7-11(2)22(10)28)19-14-4-5-15-20(25(31)26(32)24(15)30)16(14)9-17-18(27)8-12(3)23(29)21(17)19/h4,6-8,15-16,19-20,28,32H,5,9H2,1-3H3. The summed E-state index contributed by atoms with van der Waals surface area (Å²) in [6.07, 6.45) is 3.69. The zero-order valence-corrected chi connectivity index (χ0v) is 18.0. The Morgan fingerprint density at radius 1 is 0.969 bits per heavy atom. The smallest absolute Gasteiger partial charge is 0.257 e. The number of nitrogens with zero attached hydrogens (tertiary/aromatic N) is 1. The molecule has 32 heavy (non-hydrogen) atoms. The third-order valence-corrected chi connectivity index (χ3v) is 7.39. The fraction of sp³-hybridized carbons (Fsp3) is 0.360. The first-order valence-electron chi connectivity index (χ1n) is 10.7. The van der Waals surface area contributed by atoms with Gasteiger partial charge in [-0.05, 0) is 62.3 Å². The third-order valence-electron chi connectivity index (χ3n) is 7.39. The molecular weight excluding hydrogens is 410 g/mol. The molecule has 1 fully saturated rings. The first-order chi connectivity index (χ1) is 15.1. The molecule has 0 saturated carbocycles. The summed E-state index contributed by atoms with van der Waals surface area (Å²) in [5.74, 6) is -4.02. The number of phenolic OH excluding ortho intramolecular Hbond substituents is 1. The minimum atomic E-state index is -0.765. The number of carbonyl (C=O) groups is 4. The Balaban J connectivity index is 1.74. The Morgan fingerprint density at radius 2 is 1.62 bits per heavy atom. The highest BCUT2D eigenvalue weighted by Crippen LogP contribution is 2.55. The van der Waals surface area contributed by atoms with E-state index in [1.807, 2.05) is 6.08 Å². The zero-order valence-electron chi connectivity index (χ0n) is 18.0. The fourth-order valence-corrected chi connectivity index (χ4v) is 5.88. The number of phenols is 1. The van der Waals surface area contributed by atoms with Crippen LogP contribution in [-0.2, 0) is 19.2 Å². The van der Waals surface area contributed by atoms with Crippen LogP contribution in [0.1, 0.15) is 42.4 Å². The van der Waals surface area contributed by atoms with Gasteiger partial charge in [0.25, 0.3) is 11.8 Å². The van der Waals surface area contributed by atoms with Gasteiger partial charge in [-0.1, -0.05) is 23.8 Å². The van der Waals surface area contributed by atoms with Crippen LogP contribution in [0, 0.1) is 31.6 Å². The monoisotopic (exact) mass is 433 g/mol. The Labute approximate surface area is 184 Å². The molecule has 0 bridgehead atoms.